The van der Waals surface area contributed by atoms with E-state index in [2.05, 4.69) is 12.2 Å². The minimum Gasteiger partial charge on any atom is -0.319 e. The third kappa shape index (κ3) is 7.02. The summed E-state index contributed by atoms with van der Waals surface area (Å²) < 4.78 is 22.2. The molecule has 0 aliphatic carbocycles. The lowest BCUT2D eigenvalue weighted by molar-refractivity contribution is 0.496. The van der Waals surface area contributed by atoms with Crippen molar-refractivity contribution >= 4 is 9.84 Å². The monoisotopic (exact) mass is 207 g/mol. The Morgan fingerprint density at radius 2 is 2.00 bits per heavy atom. The Balaban J connectivity index is 3.56. The number of sulfone groups is 1. The zero-order valence-corrected chi connectivity index (χ0v) is 9.65. The number of rotatable bonds is 7. The van der Waals surface area contributed by atoms with E-state index < -0.39 is 9.84 Å². The fourth-order valence-corrected chi connectivity index (χ4v) is 2.14. The average molecular weight is 207 g/mol. The Bertz CT molecular complexity index is 212. The summed E-state index contributed by atoms with van der Waals surface area (Å²) in [5, 5.41) is 3.08. The van der Waals surface area contributed by atoms with Gasteiger partial charge >= 0.3 is 0 Å². The summed E-state index contributed by atoms with van der Waals surface area (Å²) in [6.07, 6.45) is 1.78. The van der Waals surface area contributed by atoms with E-state index in [4.69, 9.17) is 0 Å². The summed E-state index contributed by atoms with van der Waals surface area (Å²) in [5.41, 5.74) is 0. The van der Waals surface area contributed by atoms with Gasteiger partial charge in [-0.25, -0.2) is 8.42 Å². The lowest BCUT2D eigenvalue weighted by Gasteiger charge is -2.09. The van der Waals surface area contributed by atoms with Gasteiger partial charge in [0.25, 0.3) is 0 Å². The Labute approximate surface area is 81.8 Å². The van der Waals surface area contributed by atoms with Crippen molar-refractivity contribution in [1.82, 2.24) is 5.32 Å². The van der Waals surface area contributed by atoms with Gasteiger partial charge in [0.05, 0.1) is 5.75 Å². The van der Waals surface area contributed by atoms with Crippen LogP contribution in [0.2, 0.25) is 0 Å². The lowest BCUT2D eigenvalue weighted by atomic mass is 10.1. The Morgan fingerprint density at radius 1 is 1.38 bits per heavy atom. The molecule has 0 aromatic carbocycles. The van der Waals surface area contributed by atoms with E-state index in [1.807, 2.05) is 7.05 Å². The molecule has 1 atom stereocenters. The molecule has 0 amide bonds. The van der Waals surface area contributed by atoms with Crippen molar-refractivity contribution < 1.29 is 8.42 Å². The van der Waals surface area contributed by atoms with Crippen molar-refractivity contribution in [2.24, 2.45) is 5.92 Å². The van der Waals surface area contributed by atoms with E-state index >= 15 is 0 Å². The van der Waals surface area contributed by atoms with Crippen LogP contribution in [0.4, 0.5) is 0 Å². The maximum absolute atomic E-state index is 11.1. The molecular formula is C9H21NO2S. The second-order valence-electron chi connectivity index (χ2n) is 3.54. The third-order valence-corrected chi connectivity index (χ3v) is 3.94. The highest BCUT2D eigenvalue weighted by Crippen LogP contribution is 2.06. The van der Waals surface area contributed by atoms with E-state index in [1.54, 1.807) is 6.92 Å². The number of hydrogen-bond acceptors (Lipinski definition) is 3. The Hall–Kier alpha value is -0.0900. The van der Waals surface area contributed by atoms with E-state index in [-0.39, 0.29) is 5.75 Å². The predicted molar refractivity (Wildman–Crippen MR) is 56.7 cm³/mol. The second kappa shape index (κ2) is 6.38. The van der Waals surface area contributed by atoms with E-state index in [9.17, 15) is 8.42 Å². The van der Waals surface area contributed by atoms with E-state index in [0.29, 0.717) is 11.7 Å². The number of nitrogens with one attached hydrogen (secondary N) is 1. The molecule has 1 N–H and O–H groups in total. The zero-order valence-electron chi connectivity index (χ0n) is 8.84. The normalized spacial score (nSPS) is 14.4. The molecule has 0 saturated heterocycles. The van der Waals surface area contributed by atoms with Crippen LogP contribution in [0.5, 0.6) is 0 Å². The van der Waals surface area contributed by atoms with Gasteiger partial charge in [0.2, 0.25) is 0 Å². The van der Waals surface area contributed by atoms with Crippen molar-refractivity contribution in [1.29, 1.82) is 0 Å². The molecule has 0 spiro atoms. The molecule has 0 bridgehead atoms. The summed E-state index contributed by atoms with van der Waals surface area (Å²) in [6, 6.07) is 0. The molecule has 80 valence electrons. The van der Waals surface area contributed by atoms with Crippen molar-refractivity contribution in [3.8, 4) is 0 Å². The van der Waals surface area contributed by atoms with Crippen LogP contribution in [-0.4, -0.2) is 33.5 Å². The van der Waals surface area contributed by atoms with Crippen LogP contribution >= 0.6 is 0 Å². The van der Waals surface area contributed by atoms with Crippen LogP contribution in [0, 0.1) is 5.92 Å². The first kappa shape index (κ1) is 12.9. The van der Waals surface area contributed by atoms with Crippen molar-refractivity contribution in [3.63, 3.8) is 0 Å². The maximum atomic E-state index is 11.1. The molecule has 0 aromatic heterocycles. The first-order chi connectivity index (χ1) is 6.02. The van der Waals surface area contributed by atoms with Gasteiger partial charge in [-0.1, -0.05) is 13.8 Å². The molecular weight excluding hydrogens is 186 g/mol. The van der Waals surface area contributed by atoms with Gasteiger partial charge in [0.15, 0.2) is 0 Å². The van der Waals surface area contributed by atoms with E-state index in [1.165, 1.54) is 0 Å². The summed E-state index contributed by atoms with van der Waals surface area (Å²) in [4.78, 5) is 0. The van der Waals surface area contributed by atoms with Crippen molar-refractivity contribution in [2.45, 2.75) is 26.7 Å². The van der Waals surface area contributed by atoms with E-state index in [0.717, 1.165) is 19.4 Å². The molecule has 0 fully saturated rings. The highest BCUT2D eigenvalue weighted by molar-refractivity contribution is 7.91. The smallest absolute Gasteiger partial charge is 0.150 e. The van der Waals surface area contributed by atoms with Crippen molar-refractivity contribution in [3.05, 3.63) is 0 Å². The van der Waals surface area contributed by atoms with Gasteiger partial charge in [-0.15, -0.1) is 0 Å². The fourth-order valence-electron chi connectivity index (χ4n) is 1.25. The number of hydrogen-bond donors (Lipinski definition) is 1. The zero-order chi connectivity index (χ0) is 10.3. The first-order valence-electron chi connectivity index (χ1n) is 4.87. The van der Waals surface area contributed by atoms with Gasteiger partial charge in [0.1, 0.15) is 9.84 Å². The van der Waals surface area contributed by atoms with Gasteiger partial charge in [-0.2, -0.15) is 0 Å². The van der Waals surface area contributed by atoms with Gasteiger partial charge in [-0.05, 0) is 32.4 Å². The molecule has 0 radical (unpaired) electrons. The van der Waals surface area contributed by atoms with Crippen LogP contribution in [0.3, 0.4) is 0 Å². The summed E-state index contributed by atoms with van der Waals surface area (Å²) >= 11 is 0. The maximum Gasteiger partial charge on any atom is 0.150 e. The second-order valence-corrected chi connectivity index (χ2v) is 6.01. The Kier molecular flexibility index (Phi) is 6.33. The fraction of sp³-hybridized carbons (Fsp3) is 1.00. The van der Waals surface area contributed by atoms with Crippen LogP contribution in [-0.2, 0) is 9.84 Å². The SMILES string of the molecule is CCS(=O)(=O)CCCC(C)CNC. The molecule has 4 heteroatoms. The molecule has 0 rings (SSSR count). The molecule has 3 nitrogen and oxygen atoms in total. The van der Waals surface area contributed by atoms with Crippen LogP contribution in [0.25, 0.3) is 0 Å². The Morgan fingerprint density at radius 3 is 2.46 bits per heavy atom. The lowest BCUT2D eigenvalue weighted by Crippen LogP contribution is -2.17. The molecule has 0 aromatic rings. The van der Waals surface area contributed by atoms with Gasteiger partial charge < -0.3 is 5.32 Å². The largest absolute Gasteiger partial charge is 0.319 e. The molecule has 1 unspecified atom stereocenters. The summed E-state index contributed by atoms with van der Waals surface area (Å²) in [6.45, 7) is 4.80. The highest BCUT2D eigenvalue weighted by atomic mass is 32.2. The van der Waals surface area contributed by atoms with Crippen molar-refractivity contribution in [2.75, 3.05) is 25.1 Å². The molecule has 0 heterocycles. The minimum absolute atomic E-state index is 0.271. The molecule has 0 saturated carbocycles. The summed E-state index contributed by atoms with van der Waals surface area (Å²) in [7, 11) is -0.835. The minimum atomic E-state index is -2.75. The van der Waals surface area contributed by atoms with Crippen LogP contribution < -0.4 is 5.32 Å². The molecule has 13 heavy (non-hydrogen) atoms. The molecule has 0 aliphatic rings. The van der Waals surface area contributed by atoms with Crippen LogP contribution in [0.15, 0.2) is 0 Å². The van der Waals surface area contributed by atoms with Crippen LogP contribution in [0.1, 0.15) is 26.7 Å². The van der Waals surface area contributed by atoms with Gasteiger partial charge in [0, 0.05) is 5.75 Å². The predicted octanol–water partition coefficient (Wildman–Crippen LogP) is 1.06. The quantitative estimate of drug-likeness (QED) is 0.679. The third-order valence-electron chi connectivity index (χ3n) is 2.14. The first-order valence-corrected chi connectivity index (χ1v) is 6.69. The average Bonchev–Trinajstić information content (AvgIpc) is 2.05. The highest BCUT2D eigenvalue weighted by Gasteiger charge is 2.08. The topological polar surface area (TPSA) is 46.2 Å². The summed E-state index contributed by atoms with van der Waals surface area (Å²) in [5.74, 6) is 1.18. The van der Waals surface area contributed by atoms with Gasteiger partial charge in [-0.3, -0.25) is 0 Å². The standard InChI is InChI=1S/C9H21NO2S/c1-4-13(11,12)7-5-6-9(2)8-10-3/h9-10H,4-8H2,1-3H3. The molecule has 0 aliphatic heterocycles.